The van der Waals surface area contributed by atoms with Gasteiger partial charge in [0.1, 0.15) is 5.02 Å². The molecule has 0 bridgehead atoms. The summed E-state index contributed by atoms with van der Waals surface area (Å²) < 4.78 is 0. The van der Waals surface area contributed by atoms with Gasteiger partial charge in [0.05, 0.1) is 5.56 Å². The molecule has 1 fully saturated rings. The number of benzene rings is 1. The number of H-pyrrole nitrogens is 1. The molecule has 0 saturated carbocycles. The van der Waals surface area contributed by atoms with E-state index < -0.39 is 5.56 Å². The number of aromatic amines is 1. The maximum absolute atomic E-state index is 12.5. The molecule has 0 atom stereocenters. The molecule has 142 valence electrons. The summed E-state index contributed by atoms with van der Waals surface area (Å²) in [5, 5.41) is 2.98. The van der Waals surface area contributed by atoms with Crippen molar-refractivity contribution in [3.63, 3.8) is 0 Å². The SMILES string of the molecule is O=C(NCCc1ccccc1)C1CCN(C(=O)c2c[nH]c(=O)c(Cl)c2)CC1. The van der Waals surface area contributed by atoms with Crippen LogP contribution in [0.1, 0.15) is 28.8 Å². The summed E-state index contributed by atoms with van der Waals surface area (Å²) in [5.74, 6) is -0.217. The Morgan fingerprint density at radius 2 is 1.89 bits per heavy atom. The molecular weight excluding hydrogens is 366 g/mol. The number of likely N-dealkylation sites (tertiary alicyclic amines) is 1. The average molecular weight is 388 g/mol. The monoisotopic (exact) mass is 387 g/mol. The average Bonchev–Trinajstić information content (AvgIpc) is 2.70. The van der Waals surface area contributed by atoms with Gasteiger partial charge in [-0.2, -0.15) is 0 Å². The molecule has 7 heteroatoms. The van der Waals surface area contributed by atoms with Gasteiger partial charge >= 0.3 is 0 Å². The van der Waals surface area contributed by atoms with Gasteiger partial charge in [0.15, 0.2) is 0 Å². The Balaban J connectivity index is 1.46. The lowest BCUT2D eigenvalue weighted by atomic mass is 9.95. The van der Waals surface area contributed by atoms with E-state index in [1.54, 1.807) is 4.90 Å². The second kappa shape index (κ2) is 8.86. The molecule has 0 spiro atoms. The molecule has 3 rings (SSSR count). The first-order valence-electron chi connectivity index (χ1n) is 9.04. The van der Waals surface area contributed by atoms with Crippen LogP contribution in [0.5, 0.6) is 0 Å². The van der Waals surface area contributed by atoms with Crippen molar-refractivity contribution in [1.29, 1.82) is 0 Å². The molecule has 1 aromatic heterocycles. The van der Waals surface area contributed by atoms with Crippen molar-refractivity contribution >= 4 is 23.4 Å². The van der Waals surface area contributed by atoms with Crippen molar-refractivity contribution in [3.8, 4) is 0 Å². The first-order chi connectivity index (χ1) is 13.0. The lowest BCUT2D eigenvalue weighted by Crippen LogP contribution is -2.43. The zero-order valence-corrected chi connectivity index (χ0v) is 15.7. The van der Waals surface area contributed by atoms with Crippen LogP contribution in [0.15, 0.2) is 47.4 Å². The number of hydrogen-bond acceptors (Lipinski definition) is 3. The Kier molecular flexibility index (Phi) is 6.29. The van der Waals surface area contributed by atoms with Crippen molar-refractivity contribution in [1.82, 2.24) is 15.2 Å². The maximum Gasteiger partial charge on any atom is 0.266 e. The van der Waals surface area contributed by atoms with E-state index in [1.807, 2.05) is 30.3 Å². The van der Waals surface area contributed by atoms with Crippen molar-refractivity contribution in [2.45, 2.75) is 19.3 Å². The van der Waals surface area contributed by atoms with Crippen LogP contribution >= 0.6 is 11.6 Å². The van der Waals surface area contributed by atoms with E-state index in [0.717, 1.165) is 6.42 Å². The van der Waals surface area contributed by atoms with Gasteiger partial charge in [0, 0.05) is 31.7 Å². The van der Waals surface area contributed by atoms with Gasteiger partial charge < -0.3 is 15.2 Å². The van der Waals surface area contributed by atoms with Crippen molar-refractivity contribution < 1.29 is 9.59 Å². The van der Waals surface area contributed by atoms with Crippen LogP contribution in [0.25, 0.3) is 0 Å². The highest BCUT2D eigenvalue weighted by Gasteiger charge is 2.27. The highest BCUT2D eigenvalue weighted by atomic mass is 35.5. The fourth-order valence-corrected chi connectivity index (χ4v) is 3.40. The standard InChI is InChI=1S/C20H22ClN3O3/c21-17-12-16(13-23-19(17)26)20(27)24-10-7-15(8-11-24)18(25)22-9-6-14-4-2-1-3-5-14/h1-5,12-13,15H,6-11H2,(H,22,25)(H,23,26). The second-order valence-corrected chi connectivity index (χ2v) is 7.07. The third-order valence-corrected chi connectivity index (χ3v) is 5.09. The second-order valence-electron chi connectivity index (χ2n) is 6.66. The number of nitrogens with one attached hydrogen (secondary N) is 2. The molecule has 0 unspecified atom stereocenters. The number of carbonyl (C=O) groups excluding carboxylic acids is 2. The predicted molar refractivity (Wildman–Crippen MR) is 104 cm³/mol. The van der Waals surface area contributed by atoms with E-state index in [4.69, 9.17) is 11.6 Å². The Morgan fingerprint density at radius 3 is 2.56 bits per heavy atom. The number of hydrogen-bond donors (Lipinski definition) is 2. The van der Waals surface area contributed by atoms with Crippen LogP contribution in [0.3, 0.4) is 0 Å². The van der Waals surface area contributed by atoms with Crippen LogP contribution in [-0.4, -0.2) is 41.3 Å². The molecule has 27 heavy (non-hydrogen) atoms. The summed E-state index contributed by atoms with van der Waals surface area (Å²) in [6, 6.07) is 11.4. The Labute approximate surface area is 162 Å². The number of piperidine rings is 1. The molecule has 1 aliphatic rings. The van der Waals surface area contributed by atoms with Gasteiger partial charge in [0.2, 0.25) is 5.91 Å². The zero-order valence-electron chi connectivity index (χ0n) is 14.9. The molecule has 1 aliphatic heterocycles. The van der Waals surface area contributed by atoms with E-state index in [2.05, 4.69) is 10.3 Å². The molecule has 1 saturated heterocycles. The minimum Gasteiger partial charge on any atom is -0.356 e. The van der Waals surface area contributed by atoms with Gasteiger partial charge in [-0.25, -0.2) is 0 Å². The van der Waals surface area contributed by atoms with Crippen LogP contribution in [0.2, 0.25) is 5.02 Å². The molecular formula is C20H22ClN3O3. The van der Waals surface area contributed by atoms with Gasteiger partial charge in [-0.15, -0.1) is 0 Å². The lowest BCUT2D eigenvalue weighted by Gasteiger charge is -2.31. The molecule has 0 radical (unpaired) electrons. The Bertz CT molecular complexity index is 858. The van der Waals surface area contributed by atoms with E-state index in [-0.39, 0.29) is 22.8 Å². The minimum absolute atomic E-state index is 0.00599. The normalized spacial score (nSPS) is 14.8. The van der Waals surface area contributed by atoms with Crippen LogP contribution in [-0.2, 0) is 11.2 Å². The fraction of sp³-hybridized carbons (Fsp3) is 0.350. The zero-order chi connectivity index (χ0) is 19.2. The van der Waals surface area contributed by atoms with Gasteiger partial charge in [-0.05, 0) is 30.9 Å². The Hall–Kier alpha value is -2.60. The highest BCUT2D eigenvalue weighted by molar-refractivity contribution is 6.30. The summed E-state index contributed by atoms with van der Waals surface area (Å²) in [6.07, 6.45) is 3.43. The maximum atomic E-state index is 12.5. The predicted octanol–water partition coefficient (Wildman–Crippen LogP) is 2.24. The van der Waals surface area contributed by atoms with Crippen molar-refractivity contribution in [2.24, 2.45) is 5.92 Å². The minimum atomic E-state index is -0.418. The number of aromatic nitrogens is 1. The molecule has 2 aromatic rings. The molecule has 1 aromatic carbocycles. The van der Waals surface area contributed by atoms with Crippen LogP contribution < -0.4 is 10.9 Å². The highest BCUT2D eigenvalue weighted by Crippen LogP contribution is 2.19. The number of nitrogens with zero attached hydrogens (tertiary/aromatic N) is 1. The largest absolute Gasteiger partial charge is 0.356 e. The van der Waals surface area contributed by atoms with E-state index in [1.165, 1.54) is 17.8 Å². The summed E-state index contributed by atoms with van der Waals surface area (Å²) in [4.78, 5) is 40.3. The smallest absolute Gasteiger partial charge is 0.266 e. The van der Waals surface area contributed by atoms with Crippen molar-refractivity contribution in [3.05, 3.63) is 69.1 Å². The molecule has 2 N–H and O–H groups in total. The fourth-order valence-electron chi connectivity index (χ4n) is 3.23. The number of rotatable bonds is 5. The first-order valence-corrected chi connectivity index (χ1v) is 9.41. The third-order valence-electron chi connectivity index (χ3n) is 4.81. The first kappa shape index (κ1) is 19.2. The van der Waals surface area contributed by atoms with Gasteiger partial charge in [0.25, 0.3) is 11.5 Å². The van der Waals surface area contributed by atoms with E-state index in [9.17, 15) is 14.4 Å². The number of carbonyl (C=O) groups is 2. The summed E-state index contributed by atoms with van der Waals surface area (Å²) in [5.41, 5.74) is 1.13. The number of amides is 2. The molecule has 2 heterocycles. The molecule has 6 nitrogen and oxygen atoms in total. The van der Waals surface area contributed by atoms with E-state index >= 15 is 0 Å². The topological polar surface area (TPSA) is 82.3 Å². The quantitative estimate of drug-likeness (QED) is 0.825. The molecule has 0 aliphatic carbocycles. The van der Waals surface area contributed by atoms with Crippen LogP contribution in [0, 0.1) is 5.92 Å². The Morgan fingerprint density at radius 1 is 1.19 bits per heavy atom. The number of halogens is 1. The van der Waals surface area contributed by atoms with Gasteiger partial charge in [-0.3, -0.25) is 14.4 Å². The summed E-state index contributed by atoms with van der Waals surface area (Å²) in [6.45, 7) is 1.62. The summed E-state index contributed by atoms with van der Waals surface area (Å²) >= 11 is 5.79. The van der Waals surface area contributed by atoms with Gasteiger partial charge in [-0.1, -0.05) is 41.9 Å². The number of pyridine rings is 1. The van der Waals surface area contributed by atoms with E-state index in [0.29, 0.717) is 38.0 Å². The summed E-state index contributed by atoms with van der Waals surface area (Å²) in [7, 11) is 0. The lowest BCUT2D eigenvalue weighted by molar-refractivity contribution is -0.126. The molecule has 2 amide bonds. The van der Waals surface area contributed by atoms with Crippen LogP contribution in [0.4, 0.5) is 0 Å². The van der Waals surface area contributed by atoms with Crippen molar-refractivity contribution in [2.75, 3.05) is 19.6 Å². The third kappa shape index (κ3) is 4.98.